The predicted octanol–water partition coefficient (Wildman–Crippen LogP) is 4.75. The van der Waals surface area contributed by atoms with Crippen LogP contribution in [0.5, 0.6) is 0 Å². The Hall–Kier alpha value is -2.04. The van der Waals surface area contributed by atoms with Gasteiger partial charge in [0.25, 0.3) is 0 Å². The Morgan fingerprint density at radius 2 is 1.59 bits per heavy atom. The Labute approximate surface area is 138 Å². The van der Waals surface area contributed by atoms with Crippen molar-refractivity contribution in [1.82, 2.24) is 9.97 Å². The van der Waals surface area contributed by atoms with Gasteiger partial charge in [-0.05, 0) is 42.5 Å². The lowest BCUT2D eigenvalue weighted by Crippen LogP contribution is -2.13. The molecule has 0 aliphatic heterocycles. The number of anilines is 3. The highest BCUT2D eigenvalue weighted by atomic mass is 35.5. The lowest BCUT2D eigenvalue weighted by Gasteiger charge is -2.15. The van der Waals surface area contributed by atoms with E-state index < -0.39 is 0 Å². The van der Waals surface area contributed by atoms with Crippen molar-refractivity contribution in [1.29, 1.82) is 0 Å². The van der Waals surface area contributed by atoms with Crippen LogP contribution in [0.4, 0.5) is 17.5 Å². The quantitative estimate of drug-likeness (QED) is 0.751. The van der Waals surface area contributed by atoms with E-state index in [0.717, 1.165) is 16.6 Å². The second-order valence-electron chi connectivity index (χ2n) is 5.06. The molecule has 1 heterocycles. The van der Waals surface area contributed by atoms with Gasteiger partial charge in [0.1, 0.15) is 5.82 Å². The van der Waals surface area contributed by atoms with Gasteiger partial charge in [0.2, 0.25) is 5.95 Å². The monoisotopic (exact) mass is 332 g/mol. The Morgan fingerprint density at radius 3 is 2.27 bits per heavy atom. The van der Waals surface area contributed by atoms with E-state index in [1.807, 2.05) is 61.5 Å². The standard InChI is InChI=1S/C16H14Cl2N4/c1-22(2)16-20-14-8-5-11(18)9-13(14)15(21-16)19-12-6-3-10(17)4-7-12/h3-9H,1-2H3,(H,19,20,21). The van der Waals surface area contributed by atoms with Crippen molar-refractivity contribution < 1.29 is 0 Å². The van der Waals surface area contributed by atoms with E-state index in [2.05, 4.69) is 15.3 Å². The van der Waals surface area contributed by atoms with Gasteiger partial charge in [-0.15, -0.1) is 0 Å². The van der Waals surface area contributed by atoms with Crippen molar-refractivity contribution in [2.75, 3.05) is 24.3 Å². The smallest absolute Gasteiger partial charge is 0.227 e. The Bertz CT molecular complexity index is 816. The van der Waals surface area contributed by atoms with Crippen LogP contribution in [0.25, 0.3) is 10.9 Å². The molecule has 1 aromatic heterocycles. The number of hydrogen-bond acceptors (Lipinski definition) is 4. The summed E-state index contributed by atoms with van der Waals surface area (Å²) in [5.41, 5.74) is 1.73. The Kier molecular flexibility index (Phi) is 4.05. The van der Waals surface area contributed by atoms with Gasteiger partial charge >= 0.3 is 0 Å². The molecular formula is C16H14Cl2N4. The fourth-order valence-corrected chi connectivity index (χ4v) is 2.35. The molecule has 0 fully saturated rings. The van der Waals surface area contributed by atoms with Crippen LogP contribution >= 0.6 is 23.2 Å². The van der Waals surface area contributed by atoms with Gasteiger partial charge in [-0.3, -0.25) is 0 Å². The molecule has 0 saturated heterocycles. The number of nitrogens with one attached hydrogen (secondary N) is 1. The van der Waals surface area contributed by atoms with Crippen LogP contribution in [0.3, 0.4) is 0 Å². The Balaban J connectivity index is 2.12. The number of rotatable bonds is 3. The zero-order chi connectivity index (χ0) is 15.7. The van der Waals surface area contributed by atoms with Crippen LogP contribution in [0.15, 0.2) is 42.5 Å². The van der Waals surface area contributed by atoms with Crippen molar-refractivity contribution in [3.05, 3.63) is 52.5 Å². The second kappa shape index (κ2) is 5.99. The van der Waals surface area contributed by atoms with Crippen LogP contribution in [0.1, 0.15) is 0 Å². The number of aromatic nitrogens is 2. The first-order chi connectivity index (χ1) is 10.5. The van der Waals surface area contributed by atoms with Crippen LogP contribution in [0, 0.1) is 0 Å². The molecule has 0 atom stereocenters. The number of nitrogens with zero attached hydrogens (tertiary/aromatic N) is 3. The summed E-state index contributed by atoms with van der Waals surface area (Å²) < 4.78 is 0. The van der Waals surface area contributed by atoms with E-state index in [9.17, 15) is 0 Å². The van der Waals surface area contributed by atoms with Crippen molar-refractivity contribution in [3.8, 4) is 0 Å². The van der Waals surface area contributed by atoms with Gasteiger partial charge in [0.15, 0.2) is 0 Å². The van der Waals surface area contributed by atoms with Gasteiger partial charge in [-0.2, -0.15) is 4.98 Å². The van der Waals surface area contributed by atoms with E-state index in [4.69, 9.17) is 23.2 Å². The topological polar surface area (TPSA) is 41.1 Å². The first-order valence-corrected chi connectivity index (χ1v) is 7.46. The molecule has 112 valence electrons. The van der Waals surface area contributed by atoms with E-state index in [1.54, 1.807) is 0 Å². The molecule has 0 spiro atoms. The maximum Gasteiger partial charge on any atom is 0.227 e. The van der Waals surface area contributed by atoms with Gasteiger partial charge in [-0.1, -0.05) is 23.2 Å². The highest BCUT2D eigenvalue weighted by Gasteiger charge is 2.10. The predicted molar refractivity (Wildman–Crippen MR) is 93.6 cm³/mol. The molecule has 0 saturated carbocycles. The number of hydrogen-bond donors (Lipinski definition) is 1. The highest BCUT2D eigenvalue weighted by Crippen LogP contribution is 2.28. The highest BCUT2D eigenvalue weighted by molar-refractivity contribution is 6.31. The SMILES string of the molecule is CN(C)c1nc(Nc2ccc(Cl)cc2)c2cc(Cl)ccc2n1. The lowest BCUT2D eigenvalue weighted by atomic mass is 10.2. The summed E-state index contributed by atoms with van der Waals surface area (Å²) in [6.07, 6.45) is 0. The summed E-state index contributed by atoms with van der Waals surface area (Å²) in [6, 6.07) is 13.0. The molecule has 22 heavy (non-hydrogen) atoms. The third-order valence-electron chi connectivity index (χ3n) is 3.15. The minimum Gasteiger partial charge on any atom is -0.347 e. The number of fused-ring (bicyclic) bond motifs is 1. The number of benzene rings is 2. The fraction of sp³-hybridized carbons (Fsp3) is 0.125. The van der Waals surface area contributed by atoms with Crippen LogP contribution in [-0.4, -0.2) is 24.1 Å². The van der Waals surface area contributed by atoms with Gasteiger partial charge in [0, 0.05) is 35.2 Å². The van der Waals surface area contributed by atoms with E-state index in [-0.39, 0.29) is 0 Å². The zero-order valence-corrected chi connectivity index (χ0v) is 13.7. The van der Waals surface area contributed by atoms with Gasteiger partial charge in [-0.25, -0.2) is 4.98 Å². The maximum absolute atomic E-state index is 6.11. The lowest BCUT2D eigenvalue weighted by molar-refractivity contribution is 1.02. The normalized spacial score (nSPS) is 10.7. The summed E-state index contributed by atoms with van der Waals surface area (Å²) in [4.78, 5) is 11.0. The molecule has 0 bridgehead atoms. The summed E-state index contributed by atoms with van der Waals surface area (Å²) in [6.45, 7) is 0. The van der Waals surface area contributed by atoms with Crippen molar-refractivity contribution in [2.45, 2.75) is 0 Å². The van der Waals surface area contributed by atoms with E-state index >= 15 is 0 Å². The molecule has 3 aromatic rings. The van der Waals surface area contributed by atoms with Gasteiger partial charge in [0.05, 0.1) is 5.52 Å². The molecule has 3 rings (SSSR count). The largest absolute Gasteiger partial charge is 0.347 e. The Morgan fingerprint density at radius 1 is 0.909 bits per heavy atom. The molecule has 0 aliphatic carbocycles. The minimum atomic E-state index is 0.631. The molecule has 0 amide bonds. The zero-order valence-electron chi connectivity index (χ0n) is 12.1. The van der Waals surface area contributed by atoms with E-state index in [0.29, 0.717) is 21.8 Å². The summed E-state index contributed by atoms with van der Waals surface area (Å²) >= 11 is 12.0. The van der Waals surface area contributed by atoms with Crippen molar-refractivity contribution >= 4 is 51.6 Å². The molecular weight excluding hydrogens is 319 g/mol. The molecule has 0 radical (unpaired) electrons. The second-order valence-corrected chi connectivity index (χ2v) is 5.93. The summed E-state index contributed by atoms with van der Waals surface area (Å²) in [5.74, 6) is 1.34. The third kappa shape index (κ3) is 3.08. The van der Waals surface area contributed by atoms with Gasteiger partial charge < -0.3 is 10.2 Å². The number of halogens is 2. The molecule has 0 aliphatic rings. The first kappa shape index (κ1) is 14.9. The minimum absolute atomic E-state index is 0.631. The van der Waals surface area contributed by atoms with E-state index in [1.165, 1.54) is 0 Å². The molecule has 6 heteroatoms. The molecule has 4 nitrogen and oxygen atoms in total. The van der Waals surface area contributed by atoms with Crippen LogP contribution < -0.4 is 10.2 Å². The maximum atomic E-state index is 6.11. The molecule has 0 unspecified atom stereocenters. The van der Waals surface area contributed by atoms with Crippen LogP contribution in [0.2, 0.25) is 10.0 Å². The van der Waals surface area contributed by atoms with Crippen molar-refractivity contribution in [3.63, 3.8) is 0 Å². The molecule has 1 N–H and O–H groups in total. The van der Waals surface area contributed by atoms with Crippen molar-refractivity contribution in [2.24, 2.45) is 0 Å². The third-order valence-corrected chi connectivity index (χ3v) is 3.64. The summed E-state index contributed by atoms with van der Waals surface area (Å²) in [5, 5.41) is 5.51. The average Bonchev–Trinajstić information content (AvgIpc) is 2.49. The first-order valence-electron chi connectivity index (χ1n) is 6.70. The van der Waals surface area contributed by atoms with Crippen LogP contribution in [-0.2, 0) is 0 Å². The molecule has 2 aromatic carbocycles. The average molecular weight is 333 g/mol. The summed E-state index contributed by atoms with van der Waals surface area (Å²) in [7, 11) is 3.81. The fourth-order valence-electron chi connectivity index (χ4n) is 2.05.